The molecule has 0 amide bonds. The second-order valence-corrected chi connectivity index (χ2v) is 6.32. The summed E-state index contributed by atoms with van der Waals surface area (Å²) in [5.41, 5.74) is 0. The number of ether oxygens (including phenoxy) is 2. The fourth-order valence-electron chi connectivity index (χ4n) is 2.87. The Bertz CT molecular complexity index is 719. The third-order valence-electron chi connectivity index (χ3n) is 4.22. The molecule has 0 spiro atoms. The van der Waals surface area contributed by atoms with Gasteiger partial charge in [-0.05, 0) is 18.9 Å². The molecule has 1 N–H and O–H groups in total. The minimum atomic E-state index is 0.210. The quantitative estimate of drug-likeness (QED) is 0.822. The fraction of sp³-hybridized carbons (Fsp3) is 0.529. The summed E-state index contributed by atoms with van der Waals surface area (Å²) in [4.78, 5) is 21.8. The number of hydrogen-bond donors (Lipinski definition) is 1. The Hall–Kier alpha value is -2.84. The van der Waals surface area contributed by atoms with Crippen molar-refractivity contribution in [3.63, 3.8) is 0 Å². The number of piperidine rings is 1. The van der Waals surface area contributed by atoms with Gasteiger partial charge in [-0.25, -0.2) is 4.98 Å². The van der Waals surface area contributed by atoms with Crippen LogP contribution in [0.25, 0.3) is 0 Å². The Kier molecular flexibility index (Phi) is 5.55. The molecule has 1 aliphatic rings. The minimum Gasteiger partial charge on any atom is -0.481 e. The van der Waals surface area contributed by atoms with Crippen LogP contribution in [0.15, 0.2) is 18.3 Å². The van der Waals surface area contributed by atoms with Crippen molar-refractivity contribution in [1.82, 2.24) is 19.9 Å². The molecule has 1 saturated heterocycles. The molecule has 1 atom stereocenters. The molecule has 0 bridgehead atoms. The average molecular weight is 359 g/mol. The van der Waals surface area contributed by atoms with Crippen molar-refractivity contribution in [2.75, 3.05) is 56.5 Å². The van der Waals surface area contributed by atoms with E-state index in [4.69, 9.17) is 9.47 Å². The van der Waals surface area contributed by atoms with Crippen LogP contribution in [0.4, 0.5) is 17.7 Å². The summed E-state index contributed by atoms with van der Waals surface area (Å²) in [6, 6.07) is 3.76. The molecule has 1 unspecified atom stereocenters. The Balaban J connectivity index is 1.72. The van der Waals surface area contributed by atoms with E-state index in [-0.39, 0.29) is 6.04 Å². The number of nitrogens with one attached hydrogen (secondary N) is 1. The van der Waals surface area contributed by atoms with E-state index in [1.165, 1.54) is 0 Å². The normalized spacial score (nSPS) is 16.9. The molecule has 2 aromatic heterocycles. The van der Waals surface area contributed by atoms with Crippen molar-refractivity contribution >= 4 is 17.7 Å². The van der Waals surface area contributed by atoms with Gasteiger partial charge in [-0.15, -0.1) is 0 Å². The molecule has 140 valence electrons. The van der Waals surface area contributed by atoms with Crippen molar-refractivity contribution in [3.05, 3.63) is 18.3 Å². The second-order valence-electron chi connectivity index (χ2n) is 6.32. The highest BCUT2D eigenvalue weighted by molar-refractivity contribution is 5.42. The Morgan fingerprint density at radius 1 is 1.15 bits per heavy atom. The van der Waals surface area contributed by atoms with Crippen LogP contribution in [0.1, 0.15) is 12.8 Å². The van der Waals surface area contributed by atoms with Gasteiger partial charge < -0.3 is 24.6 Å². The van der Waals surface area contributed by atoms with Crippen molar-refractivity contribution in [2.24, 2.45) is 0 Å². The summed E-state index contributed by atoms with van der Waals surface area (Å²) in [5, 5.41) is 3.42. The van der Waals surface area contributed by atoms with E-state index in [2.05, 4.69) is 30.2 Å². The molecule has 3 rings (SSSR count). The number of nitrogens with zero attached hydrogens (tertiary/aromatic N) is 6. The van der Waals surface area contributed by atoms with Crippen LogP contribution in [-0.4, -0.2) is 67.4 Å². The first-order chi connectivity index (χ1) is 12.6. The first kappa shape index (κ1) is 18.0. The van der Waals surface area contributed by atoms with Gasteiger partial charge in [0.25, 0.3) is 0 Å². The summed E-state index contributed by atoms with van der Waals surface area (Å²) in [7, 11) is 7.09. The van der Waals surface area contributed by atoms with Crippen molar-refractivity contribution in [2.45, 2.75) is 18.9 Å². The van der Waals surface area contributed by atoms with Crippen LogP contribution in [0.2, 0.25) is 0 Å². The molecular formula is C17H25N7O2. The van der Waals surface area contributed by atoms with E-state index in [0.717, 1.165) is 31.7 Å². The lowest BCUT2D eigenvalue weighted by Crippen LogP contribution is -2.43. The van der Waals surface area contributed by atoms with Gasteiger partial charge in [0.1, 0.15) is 5.82 Å². The molecular weight excluding hydrogens is 334 g/mol. The van der Waals surface area contributed by atoms with Gasteiger partial charge in [0.15, 0.2) is 0 Å². The lowest BCUT2D eigenvalue weighted by atomic mass is 10.1. The van der Waals surface area contributed by atoms with Gasteiger partial charge >= 0.3 is 0 Å². The van der Waals surface area contributed by atoms with Crippen LogP contribution >= 0.6 is 0 Å². The van der Waals surface area contributed by atoms with Gasteiger partial charge in [-0.3, -0.25) is 0 Å². The van der Waals surface area contributed by atoms with Crippen LogP contribution < -0.4 is 24.6 Å². The van der Waals surface area contributed by atoms with E-state index in [1.807, 2.05) is 25.1 Å². The molecule has 1 fully saturated rings. The maximum atomic E-state index is 5.25. The van der Waals surface area contributed by atoms with E-state index in [9.17, 15) is 0 Å². The molecule has 3 heterocycles. The Morgan fingerprint density at radius 3 is 2.54 bits per heavy atom. The van der Waals surface area contributed by atoms with Crippen molar-refractivity contribution < 1.29 is 9.47 Å². The number of methoxy groups -OCH3 is 2. The minimum absolute atomic E-state index is 0.210. The monoisotopic (exact) mass is 359 g/mol. The van der Waals surface area contributed by atoms with Gasteiger partial charge in [0.2, 0.25) is 23.7 Å². The highest BCUT2D eigenvalue weighted by Gasteiger charge is 2.23. The summed E-state index contributed by atoms with van der Waals surface area (Å²) < 4.78 is 10.5. The standard InChI is InChI=1S/C17H25N7O2/c1-23(2)13-7-8-18-16(20-13)19-12-6-5-9-24(11-12)17-21-14(25-3)10-15(22-17)26-4/h7-8,10,12H,5-6,9,11H2,1-4H3,(H,18,19,20). The lowest BCUT2D eigenvalue weighted by molar-refractivity contribution is 0.370. The Labute approximate surface area is 153 Å². The summed E-state index contributed by atoms with van der Waals surface area (Å²) >= 11 is 0. The van der Waals surface area contributed by atoms with Crippen LogP contribution in [0.3, 0.4) is 0 Å². The predicted molar refractivity (Wildman–Crippen MR) is 100 cm³/mol. The maximum Gasteiger partial charge on any atom is 0.232 e. The average Bonchev–Trinajstić information content (AvgIpc) is 2.68. The number of aromatic nitrogens is 4. The van der Waals surface area contributed by atoms with Crippen LogP contribution in [0.5, 0.6) is 11.8 Å². The molecule has 0 aliphatic carbocycles. The van der Waals surface area contributed by atoms with Crippen molar-refractivity contribution in [1.29, 1.82) is 0 Å². The highest BCUT2D eigenvalue weighted by Crippen LogP contribution is 2.23. The zero-order valence-corrected chi connectivity index (χ0v) is 15.6. The second kappa shape index (κ2) is 8.03. The largest absolute Gasteiger partial charge is 0.481 e. The van der Waals surface area contributed by atoms with E-state index < -0.39 is 0 Å². The summed E-state index contributed by atoms with van der Waals surface area (Å²) in [5.74, 6) is 3.09. The van der Waals surface area contributed by atoms with E-state index in [0.29, 0.717) is 23.7 Å². The maximum absolute atomic E-state index is 5.25. The molecule has 0 aromatic carbocycles. The van der Waals surface area contributed by atoms with Crippen molar-refractivity contribution in [3.8, 4) is 11.8 Å². The Morgan fingerprint density at radius 2 is 1.88 bits per heavy atom. The highest BCUT2D eigenvalue weighted by atomic mass is 16.5. The zero-order valence-electron chi connectivity index (χ0n) is 15.6. The molecule has 9 heteroatoms. The van der Waals surface area contributed by atoms with Crippen LogP contribution in [0, 0.1) is 0 Å². The zero-order chi connectivity index (χ0) is 18.5. The topological polar surface area (TPSA) is 88.5 Å². The lowest BCUT2D eigenvalue weighted by Gasteiger charge is -2.33. The van der Waals surface area contributed by atoms with E-state index >= 15 is 0 Å². The molecule has 1 aliphatic heterocycles. The third-order valence-corrected chi connectivity index (χ3v) is 4.22. The predicted octanol–water partition coefficient (Wildman–Crippen LogP) is 1.43. The molecule has 26 heavy (non-hydrogen) atoms. The summed E-state index contributed by atoms with van der Waals surface area (Å²) in [6.45, 7) is 1.64. The van der Waals surface area contributed by atoms with E-state index in [1.54, 1.807) is 26.5 Å². The molecule has 2 aromatic rings. The number of anilines is 3. The van der Waals surface area contributed by atoms with Crippen LogP contribution in [-0.2, 0) is 0 Å². The summed E-state index contributed by atoms with van der Waals surface area (Å²) in [6.07, 6.45) is 3.82. The molecule has 9 nitrogen and oxygen atoms in total. The number of hydrogen-bond acceptors (Lipinski definition) is 9. The first-order valence-electron chi connectivity index (χ1n) is 8.58. The van der Waals surface area contributed by atoms with Gasteiger partial charge in [0, 0.05) is 39.4 Å². The SMILES string of the molecule is COc1cc(OC)nc(N2CCCC(Nc3nccc(N(C)C)n3)C2)n1. The first-order valence-corrected chi connectivity index (χ1v) is 8.58. The van der Waals surface area contributed by atoms with Gasteiger partial charge in [-0.1, -0.05) is 0 Å². The molecule has 0 radical (unpaired) electrons. The fourth-order valence-corrected chi connectivity index (χ4v) is 2.87. The number of rotatable bonds is 6. The third kappa shape index (κ3) is 4.22. The molecule has 0 saturated carbocycles. The smallest absolute Gasteiger partial charge is 0.232 e. The van der Waals surface area contributed by atoms with Gasteiger partial charge in [0.05, 0.1) is 20.3 Å². The van der Waals surface area contributed by atoms with Gasteiger partial charge in [-0.2, -0.15) is 15.0 Å².